The number of carbonyl (C=O) groups is 1. The van der Waals surface area contributed by atoms with Crippen molar-refractivity contribution in [2.45, 2.75) is 19.6 Å². The quantitative estimate of drug-likeness (QED) is 0.304. The molecule has 2 heterocycles. The average molecular weight is 471 g/mol. The van der Waals surface area contributed by atoms with Crippen molar-refractivity contribution in [3.63, 3.8) is 0 Å². The molecule has 0 fully saturated rings. The highest BCUT2D eigenvalue weighted by atomic mass is 19.1. The minimum absolute atomic E-state index is 0.261. The molecule has 6 nitrogen and oxygen atoms in total. The molecule has 1 N–H and O–H groups in total. The molecule has 0 unspecified atom stereocenters. The summed E-state index contributed by atoms with van der Waals surface area (Å²) in [6, 6.07) is 22.1. The van der Waals surface area contributed by atoms with Gasteiger partial charge in [-0.05, 0) is 59.5 Å². The number of anilines is 2. The Morgan fingerprint density at radius 1 is 1.00 bits per heavy atom. The van der Waals surface area contributed by atoms with Gasteiger partial charge in [0.1, 0.15) is 5.82 Å². The van der Waals surface area contributed by atoms with E-state index in [0.29, 0.717) is 37.6 Å². The van der Waals surface area contributed by atoms with Gasteiger partial charge in [0.15, 0.2) is 5.82 Å². The van der Waals surface area contributed by atoms with Crippen LogP contribution in [0.5, 0.6) is 0 Å². The summed E-state index contributed by atoms with van der Waals surface area (Å²) < 4.78 is 18.8. The highest BCUT2D eigenvalue weighted by molar-refractivity contribution is 5.83. The Morgan fingerprint density at radius 3 is 2.60 bits per heavy atom. The molecule has 0 saturated carbocycles. The Bertz CT molecular complexity index is 1270. The van der Waals surface area contributed by atoms with Crippen LogP contribution in [0.1, 0.15) is 16.7 Å². The molecular formula is C28H27FN4O2. The summed E-state index contributed by atoms with van der Waals surface area (Å²) in [6.45, 7) is 1.39. The zero-order chi connectivity index (χ0) is 24.5. The minimum Gasteiger partial charge on any atom is -0.380 e. The predicted molar refractivity (Wildman–Crippen MR) is 135 cm³/mol. The Morgan fingerprint density at radius 2 is 1.83 bits per heavy atom. The number of pyridine rings is 2. The van der Waals surface area contributed by atoms with E-state index in [2.05, 4.69) is 10.3 Å². The van der Waals surface area contributed by atoms with Crippen LogP contribution < -0.4 is 10.2 Å². The molecule has 35 heavy (non-hydrogen) atoms. The van der Waals surface area contributed by atoms with Crippen molar-refractivity contribution in [1.82, 2.24) is 9.97 Å². The van der Waals surface area contributed by atoms with Crippen molar-refractivity contribution < 1.29 is 13.9 Å². The van der Waals surface area contributed by atoms with E-state index in [9.17, 15) is 9.18 Å². The molecule has 0 aliphatic heterocycles. The number of aromatic nitrogens is 2. The molecule has 0 aliphatic carbocycles. The van der Waals surface area contributed by atoms with Gasteiger partial charge in [-0.25, -0.2) is 9.37 Å². The number of methoxy groups -OCH3 is 1. The first-order valence-corrected chi connectivity index (χ1v) is 11.3. The summed E-state index contributed by atoms with van der Waals surface area (Å²) >= 11 is 0. The van der Waals surface area contributed by atoms with Gasteiger partial charge in [0.05, 0.1) is 24.5 Å². The smallest absolute Gasteiger partial charge is 0.214 e. The maximum Gasteiger partial charge on any atom is 0.214 e. The second kappa shape index (κ2) is 11.9. The normalized spacial score (nSPS) is 10.7. The molecule has 4 aromatic rings. The highest BCUT2D eigenvalue weighted by Gasteiger charge is 2.15. The van der Waals surface area contributed by atoms with Crippen molar-refractivity contribution in [3.05, 3.63) is 108 Å². The lowest BCUT2D eigenvalue weighted by atomic mass is 10.1. The minimum atomic E-state index is -0.261. The molecule has 2 aromatic heterocycles. The largest absolute Gasteiger partial charge is 0.380 e. The lowest BCUT2D eigenvalue weighted by molar-refractivity contribution is -0.107. The molecule has 0 radical (unpaired) electrons. The van der Waals surface area contributed by atoms with Crippen molar-refractivity contribution >= 4 is 17.9 Å². The van der Waals surface area contributed by atoms with Crippen molar-refractivity contribution in [3.8, 4) is 11.3 Å². The van der Waals surface area contributed by atoms with Crippen LogP contribution in [-0.2, 0) is 29.1 Å². The average Bonchev–Trinajstić information content (AvgIpc) is 2.88. The summed E-state index contributed by atoms with van der Waals surface area (Å²) in [5.41, 5.74) is 5.20. The topological polar surface area (TPSA) is 67.3 Å². The third-order valence-corrected chi connectivity index (χ3v) is 5.52. The number of rotatable bonds is 11. The number of halogens is 1. The zero-order valence-electron chi connectivity index (χ0n) is 19.5. The monoisotopic (exact) mass is 470 g/mol. The number of amides is 1. The van der Waals surface area contributed by atoms with Crippen LogP contribution in [0.15, 0.2) is 85.2 Å². The number of hydrogen-bond acceptors (Lipinski definition) is 5. The van der Waals surface area contributed by atoms with Gasteiger partial charge in [-0.3, -0.25) is 9.78 Å². The van der Waals surface area contributed by atoms with Gasteiger partial charge in [-0.1, -0.05) is 36.4 Å². The lowest BCUT2D eigenvalue weighted by Gasteiger charge is -2.21. The first kappa shape index (κ1) is 24.0. The third kappa shape index (κ3) is 6.49. The molecule has 0 spiro atoms. The molecule has 0 saturated heterocycles. The van der Waals surface area contributed by atoms with Crippen LogP contribution in [0.2, 0.25) is 0 Å². The van der Waals surface area contributed by atoms with Gasteiger partial charge >= 0.3 is 0 Å². The third-order valence-electron chi connectivity index (χ3n) is 5.52. The van der Waals surface area contributed by atoms with E-state index in [1.165, 1.54) is 12.1 Å². The van der Waals surface area contributed by atoms with E-state index in [4.69, 9.17) is 9.72 Å². The summed E-state index contributed by atoms with van der Waals surface area (Å²) in [4.78, 5) is 22.7. The standard InChI is InChI=1S/C28H27FN4O2/c1-35-19-22-6-2-8-24(15-22)26-10-11-27(33(20-34)18-23-7-4-13-30-17-23)28(32-26)31-14-12-21-5-3-9-25(29)16-21/h2-11,13,15-17,20H,12,14,18-19H2,1H3,(H,31,32). The van der Waals surface area contributed by atoms with Gasteiger partial charge in [0, 0.05) is 31.6 Å². The lowest BCUT2D eigenvalue weighted by Crippen LogP contribution is -2.23. The number of nitrogens with zero attached hydrogens (tertiary/aromatic N) is 3. The van der Waals surface area contributed by atoms with Gasteiger partial charge in [-0.15, -0.1) is 0 Å². The number of carbonyl (C=O) groups excluding carboxylic acids is 1. The van der Waals surface area contributed by atoms with Crippen LogP contribution in [-0.4, -0.2) is 30.0 Å². The maximum absolute atomic E-state index is 13.6. The summed E-state index contributed by atoms with van der Waals surface area (Å²) in [7, 11) is 1.66. The van der Waals surface area contributed by atoms with Gasteiger partial charge < -0.3 is 15.0 Å². The fraction of sp³-hybridized carbons (Fsp3) is 0.179. The van der Waals surface area contributed by atoms with Crippen molar-refractivity contribution in [1.29, 1.82) is 0 Å². The van der Waals surface area contributed by atoms with E-state index < -0.39 is 0 Å². The fourth-order valence-corrected chi connectivity index (χ4v) is 3.85. The van der Waals surface area contributed by atoms with Crippen molar-refractivity contribution in [2.24, 2.45) is 0 Å². The maximum atomic E-state index is 13.6. The highest BCUT2D eigenvalue weighted by Crippen LogP contribution is 2.29. The number of nitrogens with one attached hydrogen (secondary N) is 1. The van der Waals surface area contributed by atoms with E-state index in [0.717, 1.165) is 34.4 Å². The van der Waals surface area contributed by atoms with Gasteiger partial charge in [-0.2, -0.15) is 0 Å². The van der Waals surface area contributed by atoms with E-state index in [1.54, 1.807) is 30.5 Å². The molecule has 2 aromatic carbocycles. The molecule has 0 aliphatic rings. The molecule has 4 rings (SSSR count). The Balaban J connectivity index is 1.63. The molecular weight excluding hydrogens is 443 g/mol. The number of ether oxygens (including phenoxy) is 1. The Kier molecular flexibility index (Phi) is 8.14. The molecule has 1 amide bonds. The Labute approximate surface area is 204 Å². The van der Waals surface area contributed by atoms with E-state index >= 15 is 0 Å². The van der Waals surface area contributed by atoms with Crippen molar-refractivity contribution in [2.75, 3.05) is 23.9 Å². The first-order chi connectivity index (χ1) is 17.2. The molecule has 0 atom stereocenters. The molecule has 7 heteroatoms. The second-order valence-electron chi connectivity index (χ2n) is 8.10. The van der Waals surface area contributed by atoms with Crippen LogP contribution >= 0.6 is 0 Å². The van der Waals surface area contributed by atoms with Gasteiger partial charge in [0.2, 0.25) is 6.41 Å². The molecule has 178 valence electrons. The first-order valence-electron chi connectivity index (χ1n) is 11.3. The summed E-state index contributed by atoms with van der Waals surface area (Å²) in [6.07, 6.45) is 4.83. The van der Waals surface area contributed by atoms with Crippen LogP contribution in [0, 0.1) is 5.82 Å². The SMILES string of the molecule is COCc1cccc(-c2ccc(N(C=O)Cc3cccnc3)c(NCCc3cccc(F)c3)n2)c1. The van der Waals surface area contributed by atoms with Gasteiger partial charge in [0.25, 0.3) is 0 Å². The number of benzene rings is 2. The van der Waals surface area contributed by atoms with Crippen LogP contribution in [0.25, 0.3) is 11.3 Å². The summed E-state index contributed by atoms with van der Waals surface area (Å²) in [5.74, 6) is 0.315. The van der Waals surface area contributed by atoms with Crippen LogP contribution in [0.3, 0.4) is 0 Å². The number of hydrogen-bond donors (Lipinski definition) is 1. The van der Waals surface area contributed by atoms with E-state index in [-0.39, 0.29) is 5.82 Å². The Hall–Kier alpha value is -4.10. The molecule has 0 bridgehead atoms. The zero-order valence-corrected chi connectivity index (χ0v) is 19.5. The second-order valence-corrected chi connectivity index (χ2v) is 8.10. The van der Waals surface area contributed by atoms with Crippen LogP contribution in [0.4, 0.5) is 15.9 Å². The van der Waals surface area contributed by atoms with E-state index in [1.807, 2.05) is 54.6 Å². The summed E-state index contributed by atoms with van der Waals surface area (Å²) in [5, 5.41) is 3.36. The fourth-order valence-electron chi connectivity index (χ4n) is 3.85. The predicted octanol–water partition coefficient (Wildman–Crippen LogP) is 5.25.